The van der Waals surface area contributed by atoms with Gasteiger partial charge in [0.15, 0.2) is 11.5 Å². The quantitative estimate of drug-likeness (QED) is 0.257. The maximum Gasteiger partial charge on any atom is 0.295 e. The highest BCUT2D eigenvalue weighted by Crippen LogP contribution is 2.41. The molecule has 0 radical (unpaired) electrons. The summed E-state index contributed by atoms with van der Waals surface area (Å²) in [4.78, 5) is 33.4. The smallest absolute Gasteiger partial charge is 0.295 e. The second-order valence-electron chi connectivity index (χ2n) is 7.77. The molecule has 1 saturated heterocycles. The molecule has 1 aliphatic rings. The standard InChI is InChI=1S/C25H29N3O5/c1-5-15-33-19-8-7-18(16-20(19)32-6-2)22-21(23(29)17-9-11-26-12-10-17)24(30)25(31)28(22)14-13-27(3)4/h5,7-12,16,22,29H,1,6,13-15H2,2-4H3/b23-21+. The van der Waals surface area contributed by atoms with Crippen LogP contribution in [0.25, 0.3) is 5.76 Å². The average Bonchev–Trinajstić information content (AvgIpc) is 3.07. The Bertz CT molecular complexity index is 1050. The topological polar surface area (TPSA) is 92.2 Å². The van der Waals surface area contributed by atoms with Crippen LogP contribution in [0.3, 0.4) is 0 Å². The molecule has 1 aromatic carbocycles. The molecule has 0 spiro atoms. The number of aliphatic hydroxyl groups excluding tert-OH is 1. The van der Waals surface area contributed by atoms with Crippen molar-refractivity contribution in [3.63, 3.8) is 0 Å². The highest BCUT2D eigenvalue weighted by molar-refractivity contribution is 6.46. The van der Waals surface area contributed by atoms with Crippen LogP contribution in [0.15, 0.2) is 61.0 Å². The molecule has 33 heavy (non-hydrogen) atoms. The summed E-state index contributed by atoms with van der Waals surface area (Å²) in [6, 6.07) is 7.68. The van der Waals surface area contributed by atoms with E-state index in [0.29, 0.717) is 48.9 Å². The summed E-state index contributed by atoms with van der Waals surface area (Å²) in [5.41, 5.74) is 1.08. The van der Waals surface area contributed by atoms with Gasteiger partial charge < -0.3 is 24.4 Å². The fraction of sp³-hybridized carbons (Fsp3) is 0.320. The summed E-state index contributed by atoms with van der Waals surface area (Å²) in [5, 5.41) is 11.1. The summed E-state index contributed by atoms with van der Waals surface area (Å²) in [6.45, 7) is 7.10. The fourth-order valence-corrected chi connectivity index (χ4v) is 3.66. The molecule has 2 heterocycles. The number of carbonyl (C=O) groups excluding carboxylic acids is 2. The number of rotatable bonds is 10. The SMILES string of the molecule is C=CCOc1ccc(C2/C(=C(\O)c3ccncc3)C(=O)C(=O)N2CCN(C)C)cc1OCC. The number of nitrogens with zero attached hydrogens (tertiary/aromatic N) is 3. The minimum absolute atomic E-state index is 0.0344. The van der Waals surface area contributed by atoms with Crippen molar-refractivity contribution >= 4 is 17.4 Å². The summed E-state index contributed by atoms with van der Waals surface area (Å²) in [5.74, 6) is -0.600. The summed E-state index contributed by atoms with van der Waals surface area (Å²) < 4.78 is 11.4. The molecule has 1 fully saturated rings. The normalized spacial score (nSPS) is 17.5. The molecule has 8 nitrogen and oxygen atoms in total. The lowest BCUT2D eigenvalue weighted by atomic mass is 9.95. The lowest BCUT2D eigenvalue weighted by Crippen LogP contribution is -2.35. The van der Waals surface area contributed by atoms with Crippen LogP contribution in [0.5, 0.6) is 11.5 Å². The Morgan fingerprint density at radius 2 is 1.91 bits per heavy atom. The van der Waals surface area contributed by atoms with Gasteiger partial charge in [0.05, 0.1) is 18.2 Å². The molecular weight excluding hydrogens is 422 g/mol. The summed E-state index contributed by atoms with van der Waals surface area (Å²) >= 11 is 0. The van der Waals surface area contributed by atoms with Gasteiger partial charge >= 0.3 is 0 Å². The molecule has 0 bridgehead atoms. The number of aromatic nitrogens is 1. The fourth-order valence-electron chi connectivity index (χ4n) is 3.66. The molecule has 8 heteroatoms. The number of hydrogen-bond acceptors (Lipinski definition) is 7. The number of carbonyl (C=O) groups is 2. The van der Waals surface area contributed by atoms with Gasteiger partial charge in [-0.05, 0) is 50.8 Å². The zero-order chi connectivity index (χ0) is 24.0. The molecule has 2 aromatic rings. The number of aliphatic hydroxyl groups is 1. The minimum atomic E-state index is -0.772. The Labute approximate surface area is 193 Å². The van der Waals surface area contributed by atoms with E-state index in [1.165, 1.54) is 17.3 Å². The van der Waals surface area contributed by atoms with Gasteiger partial charge in [-0.1, -0.05) is 18.7 Å². The van der Waals surface area contributed by atoms with Crippen molar-refractivity contribution < 1.29 is 24.2 Å². The van der Waals surface area contributed by atoms with Crippen molar-refractivity contribution in [3.8, 4) is 11.5 Å². The summed E-state index contributed by atoms with van der Waals surface area (Å²) in [6.07, 6.45) is 4.67. The van der Waals surface area contributed by atoms with E-state index in [0.717, 1.165) is 0 Å². The number of likely N-dealkylation sites (N-methyl/N-ethyl adjacent to an activating group) is 1. The minimum Gasteiger partial charge on any atom is -0.507 e. The first-order chi connectivity index (χ1) is 15.9. The largest absolute Gasteiger partial charge is 0.507 e. The number of amides is 1. The van der Waals surface area contributed by atoms with Crippen LogP contribution in [-0.2, 0) is 9.59 Å². The molecule has 1 aliphatic heterocycles. The van der Waals surface area contributed by atoms with E-state index >= 15 is 0 Å². The Balaban J connectivity index is 2.15. The van der Waals surface area contributed by atoms with E-state index in [1.807, 2.05) is 25.9 Å². The predicted octanol–water partition coefficient (Wildman–Crippen LogP) is 3.03. The van der Waals surface area contributed by atoms with E-state index < -0.39 is 17.7 Å². The second kappa shape index (κ2) is 10.8. The van der Waals surface area contributed by atoms with Crippen LogP contribution < -0.4 is 9.47 Å². The molecule has 1 aromatic heterocycles. The Morgan fingerprint density at radius 1 is 1.18 bits per heavy atom. The van der Waals surface area contributed by atoms with Crippen LogP contribution >= 0.6 is 0 Å². The van der Waals surface area contributed by atoms with E-state index in [1.54, 1.807) is 36.4 Å². The van der Waals surface area contributed by atoms with Gasteiger partial charge in [0, 0.05) is 31.0 Å². The van der Waals surface area contributed by atoms with Gasteiger partial charge in [0.2, 0.25) is 0 Å². The van der Waals surface area contributed by atoms with Crippen LogP contribution in [-0.4, -0.2) is 72.0 Å². The van der Waals surface area contributed by atoms with Crippen molar-refractivity contribution in [1.29, 1.82) is 0 Å². The van der Waals surface area contributed by atoms with Crippen molar-refractivity contribution in [1.82, 2.24) is 14.8 Å². The Morgan fingerprint density at radius 3 is 2.55 bits per heavy atom. The van der Waals surface area contributed by atoms with E-state index in [-0.39, 0.29) is 11.3 Å². The number of ketones is 1. The lowest BCUT2D eigenvalue weighted by molar-refractivity contribution is -0.140. The first-order valence-electron chi connectivity index (χ1n) is 10.7. The lowest BCUT2D eigenvalue weighted by Gasteiger charge is -2.27. The highest BCUT2D eigenvalue weighted by Gasteiger charge is 2.46. The number of Topliss-reactive ketones (excluding diaryl/α,β-unsaturated/α-hetero) is 1. The molecule has 1 amide bonds. The number of hydrogen-bond donors (Lipinski definition) is 1. The maximum absolute atomic E-state index is 13.1. The second-order valence-corrected chi connectivity index (χ2v) is 7.77. The average molecular weight is 452 g/mol. The van der Waals surface area contributed by atoms with E-state index in [9.17, 15) is 14.7 Å². The Kier molecular flexibility index (Phi) is 7.84. The van der Waals surface area contributed by atoms with Gasteiger partial charge in [-0.2, -0.15) is 0 Å². The van der Waals surface area contributed by atoms with E-state index in [2.05, 4.69) is 11.6 Å². The van der Waals surface area contributed by atoms with Gasteiger partial charge in [-0.3, -0.25) is 14.6 Å². The third kappa shape index (κ3) is 5.23. The van der Waals surface area contributed by atoms with Crippen LogP contribution in [0.4, 0.5) is 0 Å². The summed E-state index contributed by atoms with van der Waals surface area (Å²) in [7, 11) is 3.78. The number of ether oxygens (including phenoxy) is 2. The van der Waals surface area contributed by atoms with Crippen molar-refractivity contribution in [3.05, 3.63) is 72.1 Å². The molecule has 0 aliphatic carbocycles. The molecule has 0 saturated carbocycles. The molecule has 3 rings (SSSR count). The van der Waals surface area contributed by atoms with Gasteiger partial charge in [-0.25, -0.2) is 0 Å². The number of benzene rings is 1. The molecule has 1 unspecified atom stereocenters. The zero-order valence-electron chi connectivity index (χ0n) is 19.2. The van der Waals surface area contributed by atoms with Gasteiger partial charge in [0.1, 0.15) is 12.4 Å². The Hall–Kier alpha value is -3.65. The monoisotopic (exact) mass is 451 g/mol. The number of pyridine rings is 1. The van der Waals surface area contributed by atoms with Gasteiger partial charge in [0.25, 0.3) is 11.7 Å². The van der Waals surface area contributed by atoms with Gasteiger partial charge in [-0.15, -0.1) is 0 Å². The predicted molar refractivity (Wildman–Crippen MR) is 125 cm³/mol. The third-order valence-corrected chi connectivity index (χ3v) is 5.22. The van der Waals surface area contributed by atoms with E-state index in [4.69, 9.17) is 9.47 Å². The maximum atomic E-state index is 13.1. The highest BCUT2D eigenvalue weighted by atomic mass is 16.5. The van der Waals surface area contributed by atoms with Crippen LogP contribution in [0.2, 0.25) is 0 Å². The molecule has 1 N–H and O–H groups in total. The van der Waals surface area contributed by atoms with Crippen LogP contribution in [0, 0.1) is 0 Å². The van der Waals surface area contributed by atoms with Crippen molar-refractivity contribution in [2.45, 2.75) is 13.0 Å². The molecule has 174 valence electrons. The van der Waals surface area contributed by atoms with Crippen LogP contribution in [0.1, 0.15) is 24.1 Å². The molecular formula is C25H29N3O5. The first-order valence-corrected chi connectivity index (χ1v) is 10.7. The van der Waals surface area contributed by atoms with Crippen molar-refractivity contribution in [2.24, 2.45) is 0 Å². The van der Waals surface area contributed by atoms with Crippen molar-refractivity contribution in [2.75, 3.05) is 40.4 Å². The third-order valence-electron chi connectivity index (χ3n) is 5.22. The number of likely N-dealkylation sites (tertiary alicyclic amines) is 1. The first kappa shape index (κ1) is 24.0. The molecule has 1 atom stereocenters. The zero-order valence-corrected chi connectivity index (χ0v) is 19.2.